The number of rotatable bonds is 21. The lowest BCUT2D eigenvalue weighted by Crippen LogP contribution is -2.57. The highest BCUT2D eigenvalue weighted by atomic mass is 32.2. The number of aryl methyl sites for hydroxylation is 6. The molecule has 4 aliphatic carbocycles. The molecule has 5 heterocycles. The van der Waals surface area contributed by atoms with Gasteiger partial charge in [0.2, 0.25) is 0 Å². The Bertz CT molecular complexity index is 5430. The van der Waals surface area contributed by atoms with Crippen molar-refractivity contribution in [1.29, 1.82) is 0 Å². The summed E-state index contributed by atoms with van der Waals surface area (Å²) >= 11 is 0. The molecule has 10 amide bonds. The maximum absolute atomic E-state index is 12.8. The van der Waals surface area contributed by atoms with Gasteiger partial charge in [-0.05, 0) is 274 Å². The lowest BCUT2D eigenvalue weighted by atomic mass is 9.90. The minimum atomic E-state index is -3.98. The zero-order chi connectivity index (χ0) is 101. The van der Waals surface area contributed by atoms with Crippen LogP contribution in [0.5, 0.6) is 0 Å². The summed E-state index contributed by atoms with van der Waals surface area (Å²) in [7, 11) is -19.8. The minimum Gasteiger partial charge on any atom is -0.378 e. The first-order valence-electron chi connectivity index (χ1n) is 48.4. The summed E-state index contributed by atoms with van der Waals surface area (Å²) in [6.45, 7) is 49.4. The van der Waals surface area contributed by atoms with Crippen LogP contribution in [-0.2, 0) is 126 Å². The van der Waals surface area contributed by atoms with Crippen LogP contribution in [0.25, 0.3) is 0 Å². The maximum Gasteiger partial charge on any atom is 0.333 e. The minimum absolute atomic E-state index is 0.184. The Labute approximate surface area is 814 Å². The number of anilines is 5. The molecule has 0 saturated carbocycles. The number of morpholine rings is 5. The predicted molar refractivity (Wildman–Crippen MR) is 538 cm³/mol. The Morgan fingerprint density at radius 1 is 0.292 bits per heavy atom. The first-order chi connectivity index (χ1) is 64.1. The van der Waals surface area contributed by atoms with Gasteiger partial charge in [0.1, 0.15) is 0 Å². The molecule has 40 heteroatoms. The van der Waals surface area contributed by atoms with Gasteiger partial charge in [-0.15, -0.1) is 0 Å². The van der Waals surface area contributed by atoms with E-state index in [1.54, 1.807) is 55.4 Å². The number of nitrogens with one attached hydrogen (secondary N) is 10. The fourth-order valence-electron chi connectivity index (χ4n) is 20.2. The van der Waals surface area contributed by atoms with Gasteiger partial charge in [0.15, 0.2) is 0 Å². The van der Waals surface area contributed by atoms with Crippen molar-refractivity contribution in [3.05, 3.63) is 144 Å². The SMILES string of the molecule is CC(C)c1cccc(C(C)C)c1NC(=O)NS(=O)(=O)N1C(C)COCC1C.CC1CN(S(=O)(=O)NC(=O)Nc2c3c(cc4c2CCC4)CCC3)CC(C)O1.CC1COCC(C)N1S(=O)(=O)NC(=O)Nc1c2c(cc3c1CCC3)CCC2.Cc1cc(C(C)C)c(NC(=O)NS(=O)(=O)N2C(C)COCC2C)c(C(C)C)c1.Cc1cc(C(C)C)c(NC(=O)NS(=O)(=O)N2C(C)COCC2C)c(C(C)C)c1. The number of nitrogens with zero attached hydrogens (tertiary/aromatic N) is 5. The van der Waals surface area contributed by atoms with E-state index in [4.69, 9.17) is 23.7 Å². The first-order valence-corrected chi connectivity index (χ1v) is 55.6. The normalized spacial score (nSPS) is 22.8. The van der Waals surface area contributed by atoms with Crippen LogP contribution in [0.15, 0.2) is 54.6 Å². The average Bonchev–Trinajstić information content (AvgIpc) is 1.64. The molecular formula is C97H151N15O20S5. The Kier molecular flexibility index (Phi) is 38.1. The molecule has 5 fully saturated rings. The van der Waals surface area contributed by atoms with Gasteiger partial charge >= 0.3 is 81.2 Å². The summed E-state index contributed by atoms with van der Waals surface area (Å²) in [5, 5.41) is 14.1. The van der Waals surface area contributed by atoms with Crippen LogP contribution in [-0.4, -0.2) is 220 Å². The Morgan fingerprint density at radius 2 is 0.496 bits per heavy atom. The Balaban J connectivity index is 0.000000177. The molecule has 5 aliphatic heterocycles. The molecule has 10 unspecified atom stereocenters. The second kappa shape index (κ2) is 47.1. The van der Waals surface area contributed by atoms with Gasteiger partial charge in [-0.2, -0.15) is 63.6 Å². The molecular weight excluding hydrogens is 1860 g/mol. The van der Waals surface area contributed by atoms with Crippen LogP contribution >= 0.6 is 0 Å². The number of urea groups is 5. The Morgan fingerprint density at radius 3 is 0.715 bits per heavy atom. The van der Waals surface area contributed by atoms with Crippen molar-refractivity contribution in [2.45, 2.75) is 339 Å². The van der Waals surface area contributed by atoms with E-state index in [9.17, 15) is 66.1 Å². The zero-order valence-electron chi connectivity index (χ0n) is 84.4. The highest BCUT2D eigenvalue weighted by Crippen LogP contribution is 2.43. The molecule has 14 rings (SSSR count). The highest BCUT2D eigenvalue weighted by Gasteiger charge is 2.43. The van der Waals surface area contributed by atoms with E-state index in [1.807, 2.05) is 97.9 Å². The van der Waals surface area contributed by atoms with Crippen molar-refractivity contribution in [2.75, 3.05) is 92.5 Å². The monoisotopic (exact) mass is 2010 g/mol. The van der Waals surface area contributed by atoms with E-state index in [2.05, 4.69) is 118 Å². The molecule has 0 aromatic heterocycles. The standard InChI is InChI=1S/2C20H33N3O4S.2C19H27N3O4S.C19H31N3O4S/c2*1-12(2)17-8-14(5)9-18(13(3)4)19(17)21-20(24)22-28(25,26)23-15(6)10-27-11-16(23)7;1-12-10-26-11-13(2)22(12)27(24,25)21-19(23)20-18-16-7-3-5-14(16)9-15-6-4-8-17(15)18;1-12-10-22(11-13(2)26-12)27(24,25)21-19(23)20-18-16-7-3-5-14(16)9-15-6-4-8-17(15)18;1-12(2)16-8-7-9-17(13(3)4)18(16)20-19(23)21-27(24,25)22-14(5)10-26-11-15(22)6/h2*8-9,12-13,15-16H,10-11H2,1-7H3,(H2,21,22,24);2*9,12-13H,3-8,10-11H2,1-2H3,(H2,20,21,23);7-9,12-15H,10-11H2,1-6H3,(H2,20,21,23). The molecule has 35 nitrogen and oxygen atoms in total. The number of para-hydroxylation sites is 1. The fourth-order valence-corrected chi connectivity index (χ4v) is 27.2. The topological polar surface area (TPSA) is 439 Å². The van der Waals surface area contributed by atoms with Crippen molar-refractivity contribution < 1.29 is 89.7 Å². The number of benzene rings is 5. The largest absolute Gasteiger partial charge is 0.378 e. The predicted octanol–water partition coefficient (Wildman–Crippen LogP) is 15.1. The molecule has 0 bridgehead atoms. The third-order valence-corrected chi connectivity index (χ3v) is 34.3. The van der Waals surface area contributed by atoms with Gasteiger partial charge in [0, 0.05) is 89.9 Å². The summed E-state index contributed by atoms with van der Waals surface area (Å²) in [5.41, 5.74) is 21.8. The number of hydrogen-bond donors (Lipinski definition) is 10. The zero-order valence-corrected chi connectivity index (χ0v) is 88.5. The van der Waals surface area contributed by atoms with Gasteiger partial charge in [-0.1, -0.05) is 149 Å². The van der Waals surface area contributed by atoms with Crippen molar-refractivity contribution in [3.63, 3.8) is 0 Å². The summed E-state index contributed by atoms with van der Waals surface area (Å²) in [6, 6.07) is 12.3. The van der Waals surface area contributed by atoms with Gasteiger partial charge in [0.05, 0.1) is 65.1 Å². The number of hydrogen-bond acceptors (Lipinski definition) is 20. The van der Waals surface area contributed by atoms with Crippen molar-refractivity contribution in [1.82, 2.24) is 45.1 Å². The number of fused-ring (bicyclic) bond motifs is 4. The number of ether oxygens (including phenoxy) is 5. The van der Waals surface area contributed by atoms with Crippen LogP contribution in [0, 0.1) is 13.8 Å². The highest BCUT2D eigenvalue weighted by molar-refractivity contribution is 7.89. The summed E-state index contributed by atoms with van der Waals surface area (Å²) in [6.07, 6.45) is 11.8. The second-order valence-corrected chi connectivity index (χ2v) is 48.0. The van der Waals surface area contributed by atoms with E-state index < -0.39 is 81.2 Å². The lowest BCUT2D eigenvalue weighted by Gasteiger charge is -2.37. The van der Waals surface area contributed by atoms with Crippen LogP contribution in [0.2, 0.25) is 0 Å². The van der Waals surface area contributed by atoms with Gasteiger partial charge < -0.3 is 50.3 Å². The Hall–Kier alpha value is -8.20. The maximum atomic E-state index is 12.8. The molecule has 0 radical (unpaired) electrons. The van der Waals surface area contributed by atoms with Crippen LogP contribution in [0.3, 0.4) is 0 Å². The van der Waals surface area contributed by atoms with Crippen molar-refractivity contribution >= 4 is 110 Å². The molecule has 10 N–H and O–H groups in total. The van der Waals surface area contributed by atoms with Crippen molar-refractivity contribution in [2.24, 2.45) is 0 Å². The molecule has 137 heavy (non-hydrogen) atoms. The number of carbonyl (C=O) groups is 5. The van der Waals surface area contributed by atoms with E-state index in [1.165, 1.54) is 66.0 Å². The third kappa shape index (κ3) is 28.0. The first kappa shape index (κ1) is 111. The quantitative estimate of drug-likeness (QED) is 0.0326. The molecule has 9 aliphatic rings. The van der Waals surface area contributed by atoms with E-state index in [-0.39, 0.29) is 109 Å². The third-order valence-electron chi connectivity index (χ3n) is 26.0. The van der Waals surface area contributed by atoms with Crippen LogP contribution in [0.4, 0.5) is 52.4 Å². The van der Waals surface area contributed by atoms with E-state index in [0.717, 1.165) is 133 Å². The van der Waals surface area contributed by atoms with Gasteiger partial charge in [-0.3, -0.25) is 0 Å². The number of amides is 10. The fraction of sp³-hybridized carbons (Fsp3) is 0.639. The molecule has 5 aromatic rings. The summed E-state index contributed by atoms with van der Waals surface area (Å²) < 4.78 is 172. The molecule has 764 valence electrons. The average molecular weight is 2010 g/mol. The van der Waals surface area contributed by atoms with E-state index in [0.29, 0.717) is 69.9 Å². The summed E-state index contributed by atoms with van der Waals surface area (Å²) in [4.78, 5) is 63.1. The molecule has 5 aromatic carbocycles. The van der Waals surface area contributed by atoms with Gasteiger partial charge in [0.25, 0.3) is 0 Å². The van der Waals surface area contributed by atoms with Crippen LogP contribution in [0.1, 0.15) is 303 Å². The van der Waals surface area contributed by atoms with E-state index >= 15 is 0 Å². The smallest absolute Gasteiger partial charge is 0.333 e. The molecule has 5 saturated heterocycles. The molecule has 10 atom stereocenters. The number of carbonyl (C=O) groups excluding carboxylic acids is 5. The summed E-state index contributed by atoms with van der Waals surface area (Å²) in [5.74, 6) is 1.11. The second-order valence-electron chi connectivity index (χ2n) is 40.0. The van der Waals surface area contributed by atoms with Crippen molar-refractivity contribution in [3.8, 4) is 0 Å². The lowest BCUT2D eigenvalue weighted by molar-refractivity contribution is -0.0442. The van der Waals surface area contributed by atoms with Gasteiger partial charge in [-0.25, -0.2) is 47.6 Å². The molecule has 0 spiro atoms. The van der Waals surface area contributed by atoms with Crippen LogP contribution < -0.4 is 50.2 Å².